The van der Waals surface area contributed by atoms with Crippen LogP contribution < -0.4 is 4.74 Å². The fraction of sp³-hybridized carbons (Fsp3) is 0.150. The number of hydrogen-bond acceptors (Lipinski definition) is 9. The molecule has 9 heteroatoms. The highest BCUT2D eigenvalue weighted by Gasteiger charge is 2.17. The summed E-state index contributed by atoms with van der Waals surface area (Å²) in [7, 11) is 2.42. The van der Waals surface area contributed by atoms with Crippen LogP contribution in [0.4, 0.5) is 0 Å². The Balaban J connectivity index is 1.75. The number of pyridine rings is 1. The minimum Gasteiger partial charge on any atom is -0.465 e. The van der Waals surface area contributed by atoms with E-state index in [1.807, 2.05) is 6.07 Å². The van der Waals surface area contributed by atoms with E-state index in [9.17, 15) is 14.4 Å². The Kier molecular flexibility index (Phi) is 6.30. The zero-order valence-corrected chi connectivity index (χ0v) is 16.4. The van der Waals surface area contributed by atoms with E-state index in [0.29, 0.717) is 5.69 Å². The largest absolute Gasteiger partial charge is 0.465 e. The lowest BCUT2D eigenvalue weighted by atomic mass is 10.1. The van der Waals surface area contributed by atoms with E-state index in [1.54, 1.807) is 23.8 Å². The number of thiazole rings is 1. The van der Waals surface area contributed by atoms with Gasteiger partial charge in [-0.15, -0.1) is 11.3 Å². The van der Waals surface area contributed by atoms with Gasteiger partial charge in [0.1, 0.15) is 10.8 Å². The van der Waals surface area contributed by atoms with Crippen LogP contribution in [0, 0.1) is 0 Å². The van der Waals surface area contributed by atoms with Gasteiger partial charge in [-0.25, -0.2) is 14.6 Å². The standard InChI is InChI=1S/C20H16N2O6S/c1-26-19(24)13-6-14(20(25)27-2)8-16(7-13)28-17(23)9-15-11-29-18(22-15)12-4-3-5-21-10-12/h3-8,10-11H,9H2,1-2H3. The quantitative estimate of drug-likeness (QED) is 0.450. The summed E-state index contributed by atoms with van der Waals surface area (Å²) in [5, 5.41) is 2.50. The van der Waals surface area contributed by atoms with Crippen molar-refractivity contribution in [1.82, 2.24) is 9.97 Å². The minimum atomic E-state index is -0.673. The van der Waals surface area contributed by atoms with Gasteiger partial charge in [0.25, 0.3) is 0 Å². The molecule has 0 amide bonds. The van der Waals surface area contributed by atoms with Crippen LogP contribution >= 0.6 is 11.3 Å². The summed E-state index contributed by atoms with van der Waals surface area (Å²) < 4.78 is 14.6. The van der Waals surface area contributed by atoms with Gasteiger partial charge in [-0.1, -0.05) is 0 Å². The molecule has 1 aromatic carbocycles. The highest BCUT2D eigenvalue weighted by molar-refractivity contribution is 7.13. The van der Waals surface area contributed by atoms with Crippen molar-refractivity contribution in [3.05, 3.63) is 64.9 Å². The SMILES string of the molecule is COC(=O)c1cc(OC(=O)Cc2csc(-c3cccnc3)n2)cc(C(=O)OC)c1. The van der Waals surface area contributed by atoms with Crippen LogP contribution in [0.5, 0.6) is 5.75 Å². The Hall–Kier alpha value is -3.59. The highest BCUT2D eigenvalue weighted by Crippen LogP contribution is 2.24. The van der Waals surface area contributed by atoms with E-state index in [0.717, 1.165) is 10.6 Å². The minimum absolute atomic E-state index is 0.0287. The van der Waals surface area contributed by atoms with Crippen molar-refractivity contribution in [3.63, 3.8) is 0 Å². The molecule has 0 saturated heterocycles. The summed E-state index contributed by atoms with van der Waals surface area (Å²) in [5.41, 5.74) is 1.51. The molecule has 3 aromatic rings. The smallest absolute Gasteiger partial charge is 0.338 e. The third kappa shape index (κ3) is 5.02. The Morgan fingerprint density at radius 2 is 1.72 bits per heavy atom. The fourth-order valence-electron chi connectivity index (χ4n) is 2.45. The molecule has 0 atom stereocenters. The maximum absolute atomic E-state index is 12.3. The van der Waals surface area contributed by atoms with E-state index in [2.05, 4.69) is 19.4 Å². The van der Waals surface area contributed by atoms with Crippen molar-refractivity contribution < 1.29 is 28.6 Å². The number of aromatic nitrogens is 2. The summed E-state index contributed by atoms with van der Waals surface area (Å²) in [4.78, 5) is 44.4. The van der Waals surface area contributed by atoms with Crippen LogP contribution in [-0.2, 0) is 20.7 Å². The lowest BCUT2D eigenvalue weighted by Gasteiger charge is -2.08. The van der Waals surface area contributed by atoms with Gasteiger partial charge >= 0.3 is 17.9 Å². The van der Waals surface area contributed by atoms with Crippen LogP contribution in [-0.4, -0.2) is 42.1 Å². The van der Waals surface area contributed by atoms with E-state index in [1.165, 1.54) is 43.8 Å². The van der Waals surface area contributed by atoms with E-state index in [4.69, 9.17) is 4.74 Å². The summed E-state index contributed by atoms with van der Waals surface area (Å²) in [6.07, 6.45) is 3.28. The molecule has 0 spiro atoms. The van der Waals surface area contributed by atoms with E-state index < -0.39 is 17.9 Å². The lowest BCUT2D eigenvalue weighted by molar-refractivity contribution is -0.133. The van der Waals surface area contributed by atoms with Crippen molar-refractivity contribution in [1.29, 1.82) is 0 Å². The van der Waals surface area contributed by atoms with Gasteiger partial charge in [0.05, 0.1) is 37.5 Å². The van der Waals surface area contributed by atoms with E-state index >= 15 is 0 Å². The third-order valence-corrected chi connectivity index (χ3v) is 4.71. The second-order valence-electron chi connectivity index (χ2n) is 5.77. The highest BCUT2D eigenvalue weighted by atomic mass is 32.1. The van der Waals surface area contributed by atoms with E-state index in [-0.39, 0.29) is 23.3 Å². The van der Waals surface area contributed by atoms with Crippen molar-refractivity contribution in [2.75, 3.05) is 14.2 Å². The molecule has 0 bridgehead atoms. The van der Waals surface area contributed by atoms with Gasteiger partial charge in [-0.2, -0.15) is 0 Å². The number of hydrogen-bond donors (Lipinski definition) is 0. The molecule has 0 fully saturated rings. The summed E-state index contributed by atoms with van der Waals surface area (Å²) in [6.45, 7) is 0. The fourth-order valence-corrected chi connectivity index (χ4v) is 3.27. The van der Waals surface area contributed by atoms with Gasteiger partial charge in [-0.05, 0) is 30.3 Å². The molecule has 0 aliphatic carbocycles. The first kappa shape index (κ1) is 20.2. The van der Waals surface area contributed by atoms with Crippen LogP contribution in [0.15, 0.2) is 48.1 Å². The number of carbonyl (C=O) groups is 3. The van der Waals surface area contributed by atoms with Gasteiger partial charge in [-0.3, -0.25) is 9.78 Å². The predicted molar refractivity (Wildman–Crippen MR) is 104 cm³/mol. The Morgan fingerprint density at radius 1 is 1.03 bits per heavy atom. The Morgan fingerprint density at radius 3 is 2.31 bits per heavy atom. The molecule has 0 radical (unpaired) electrons. The molecular formula is C20H16N2O6S. The predicted octanol–water partition coefficient (Wildman–Crippen LogP) is 2.93. The van der Waals surface area contributed by atoms with Crippen molar-refractivity contribution in [2.24, 2.45) is 0 Å². The van der Waals surface area contributed by atoms with Crippen LogP contribution in [0.3, 0.4) is 0 Å². The third-order valence-electron chi connectivity index (χ3n) is 3.77. The monoisotopic (exact) mass is 412 g/mol. The number of ether oxygens (including phenoxy) is 3. The molecule has 0 aliphatic heterocycles. The zero-order valence-electron chi connectivity index (χ0n) is 15.6. The topological polar surface area (TPSA) is 105 Å². The molecule has 2 heterocycles. The number of esters is 3. The zero-order chi connectivity index (χ0) is 20.8. The van der Waals surface area contributed by atoms with Crippen LogP contribution in [0.2, 0.25) is 0 Å². The molecule has 8 nitrogen and oxygen atoms in total. The molecule has 148 valence electrons. The first-order chi connectivity index (χ1) is 14.0. The maximum atomic E-state index is 12.3. The van der Waals surface area contributed by atoms with Crippen molar-refractivity contribution in [3.8, 4) is 16.3 Å². The Labute approximate surface area is 170 Å². The van der Waals surface area contributed by atoms with Crippen LogP contribution in [0.1, 0.15) is 26.4 Å². The number of rotatable bonds is 6. The first-order valence-corrected chi connectivity index (χ1v) is 9.25. The molecule has 0 aliphatic rings. The molecule has 3 rings (SSSR count). The molecule has 2 aromatic heterocycles. The average Bonchev–Trinajstić information content (AvgIpc) is 3.21. The summed E-state index contributed by atoms with van der Waals surface area (Å²) in [6, 6.07) is 7.62. The molecule has 0 saturated carbocycles. The normalized spacial score (nSPS) is 10.3. The molecule has 0 N–H and O–H groups in total. The second-order valence-corrected chi connectivity index (χ2v) is 6.62. The lowest BCUT2D eigenvalue weighted by Crippen LogP contribution is -2.13. The van der Waals surface area contributed by atoms with Gasteiger partial charge in [0.15, 0.2) is 0 Å². The van der Waals surface area contributed by atoms with Crippen molar-refractivity contribution in [2.45, 2.75) is 6.42 Å². The number of benzene rings is 1. The van der Waals surface area contributed by atoms with Gasteiger partial charge < -0.3 is 14.2 Å². The number of methoxy groups -OCH3 is 2. The number of nitrogens with zero attached hydrogens (tertiary/aromatic N) is 2. The van der Waals surface area contributed by atoms with Crippen LogP contribution in [0.25, 0.3) is 10.6 Å². The first-order valence-electron chi connectivity index (χ1n) is 8.37. The van der Waals surface area contributed by atoms with Gasteiger partial charge in [0.2, 0.25) is 0 Å². The van der Waals surface area contributed by atoms with Crippen molar-refractivity contribution >= 4 is 29.2 Å². The average molecular weight is 412 g/mol. The van der Waals surface area contributed by atoms with Gasteiger partial charge in [0, 0.05) is 23.3 Å². The maximum Gasteiger partial charge on any atom is 0.338 e. The number of carbonyl (C=O) groups excluding carboxylic acids is 3. The molecule has 0 unspecified atom stereocenters. The molecular weight excluding hydrogens is 396 g/mol. The second kappa shape index (κ2) is 9.07. The molecule has 29 heavy (non-hydrogen) atoms. The summed E-state index contributed by atoms with van der Waals surface area (Å²) in [5.74, 6) is -1.91. The Bertz CT molecular complexity index is 1010. The summed E-state index contributed by atoms with van der Waals surface area (Å²) >= 11 is 1.39.